The van der Waals surface area contributed by atoms with Crippen molar-refractivity contribution in [2.75, 3.05) is 0 Å². The van der Waals surface area contributed by atoms with E-state index in [2.05, 4.69) is 19.1 Å². The summed E-state index contributed by atoms with van der Waals surface area (Å²) in [4.78, 5) is 11.5. The summed E-state index contributed by atoms with van der Waals surface area (Å²) in [5.41, 5.74) is 4.18. The topological polar surface area (TPSA) is 46.5 Å². The number of aryl methyl sites for hydroxylation is 1. The van der Waals surface area contributed by atoms with Crippen molar-refractivity contribution in [2.24, 2.45) is 17.3 Å². The van der Waals surface area contributed by atoms with Gasteiger partial charge in [-0.1, -0.05) is 19.1 Å². The molecule has 1 fully saturated rings. The fourth-order valence-corrected chi connectivity index (χ4v) is 5.75. The van der Waals surface area contributed by atoms with Crippen LogP contribution in [0.15, 0.2) is 24.3 Å². The number of benzene rings is 1. The van der Waals surface area contributed by atoms with Crippen molar-refractivity contribution in [3.8, 4) is 5.75 Å². The van der Waals surface area contributed by atoms with E-state index in [4.69, 9.17) is 4.74 Å². The molecule has 3 nitrogen and oxygen atoms in total. The van der Waals surface area contributed by atoms with Gasteiger partial charge in [-0.15, -0.1) is 0 Å². The lowest BCUT2D eigenvalue weighted by molar-refractivity contribution is -0.153. The van der Waals surface area contributed by atoms with E-state index in [0.29, 0.717) is 17.6 Å². The highest BCUT2D eigenvalue weighted by molar-refractivity contribution is 5.74. The Kier molecular flexibility index (Phi) is 3.70. The summed E-state index contributed by atoms with van der Waals surface area (Å²) in [5, 5.41) is 9.76. The first kappa shape index (κ1) is 15.7. The van der Waals surface area contributed by atoms with Gasteiger partial charge in [0.25, 0.3) is 0 Å². The number of fused-ring (bicyclic) bond motifs is 5. The molecule has 0 aliphatic heterocycles. The fourth-order valence-electron chi connectivity index (χ4n) is 5.75. The summed E-state index contributed by atoms with van der Waals surface area (Å²) < 4.78 is 5.74. The van der Waals surface area contributed by atoms with Crippen LogP contribution >= 0.6 is 0 Å². The molecular formula is C21H26O3. The Morgan fingerprint density at radius 3 is 2.92 bits per heavy atom. The second kappa shape index (κ2) is 5.65. The molecule has 3 aliphatic rings. The van der Waals surface area contributed by atoms with Crippen LogP contribution in [-0.4, -0.2) is 17.2 Å². The smallest absolute Gasteiger partial charge is 0.302 e. The maximum absolute atomic E-state index is 11.5. The number of rotatable bonds is 2. The molecule has 3 heteroatoms. The molecule has 0 aromatic heterocycles. The molecule has 4 atom stereocenters. The molecular weight excluding hydrogens is 300 g/mol. The van der Waals surface area contributed by atoms with Crippen LogP contribution in [0.25, 0.3) is 5.57 Å². The Balaban J connectivity index is 1.73. The van der Waals surface area contributed by atoms with Gasteiger partial charge in [-0.2, -0.15) is 0 Å². The highest BCUT2D eigenvalue weighted by atomic mass is 16.5. The van der Waals surface area contributed by atoms with E-state index < -0.39 is 0 Å². The summed E-state index contributed by atoms with van der Waals surface area (Å²) >= 11 is 0. The summed E-state index contributed by atoms with van der Waals surface area (Å²) in [6, 6.07) is 5.81. The van der Waals surface area contributed by atoms with Crippen molar-refractivity contribution >= 4 is 11.5 Å². The molecule has 24 heavy (non-hydrogen) atoms. The zero-order valence-corrected chi connectivity index (χ0v) is 14.5. The van der Waals surface area contributed by atoms with Crippen LogP contribution in [-0.2, 0) is 16.0 Å². The molecule has 0 spiro atoms. The van der Waals surface area contributed by atoms with Crippen molar-refractivity contribution < 1.29 is 14.6 Å². The Bertz CT molecular complexity index is 705. The highest BCUT2D eigenvalue weighted by Crippen LogP contribution is 2.60. The third kappa shape index (κ3) is 2.21. The number of hydrogen-bond acceptors (Lipinski definition) is 3. The molecule has 1 aromatic rings. The zero-order valence-electron chi connectivity index (χ0n) is 14.5. The molecule has 0 radical (unpaired) electrons. The lowest BCUT2D eigenvalue weighted by Gasteiger charge is -2.47. The molecule has 0 unspecified atom stereocenters. The minimum atomic E-state index is -0.146. The van der Waals surface area contributed by atoms with E-state index in [9.17, 15) is 9.90 Å². The SMILES string of the molecule is CC[C@]12CC=C3c4ccc(O)cc4CC[C@H]3[C@@H]1CC[C@@H]2OC(C)=O. The molecule has 3 aliphatic carbocycles. The quantitative estimate of drug-likeness (QED) is 0.815. The number of aromatic hydroxyl groups is 1. The van der Waals surface area contributed by atoms with Gasteiger partial charge in [-0.25, -0.2) is 0 Å². The van der Waals surface area contributed by atoms with Gasteiger partial charge in [0.15, 0.2) is 0 Å². The van der Waals surface area contributed by atoms with Crippen LogP contribution in [0.4, 0.5) is 0 Å². The van der Waals surface area contributed by atoms with Crippen LogP contribution in [0.1, 0.15) is 57.1 Å². The van der Waals surface area contributed by atoms with Gasteiger partial charge >= 0.3 is 5.97 Å². The van der Waals surface area contributed by atoms with Crippen LogP contribution < -0.4 is 0 Å². The van der Waals surface area contributed by atoms with Gasteiger partial charge in [0, 0.05) is 12.3 Å². The van der Waals surface area contributed by atoms with Gasteiger partial charge < -0.3 is 9.84 Å². The molecule has 0 bridgehead atoms. The van der Waals surface area contributed by atoms with Crippen molar-refractivity contribution in [1.82, 2.24) is 0 Å². The Morgan fingerprint density at radius 1 is 1.33 bits per heavy atom. The maximum Gasteiger partial charge on any atom is 0.302 e. The van der Waals surface area contributed by atoms with Crippen molar-refractivity contribution in [3.63, 3.8) is 0 Å². The summed E-state index contributed by atoms with van der Waals surface area (Å²) in [7, 11) is 0. The first-order chi connectivity index (χ1) is 11.5. The molecule has 0 amide bonds. The Morgan fingerprint density at radius 2 is 2.17 bits per heavy atom. The predicted octanol–water partition coefficient (Wildman–Crippen LogP) is 4.48. The van der Waals surface area contributed by atoms with Gasteiger partial charge in [-0.05, 0) is 79.2 Å². The van der Waals surface area contributed by atoms with E-state index in [1.165, 1.54) is 23.6 Å². The standard InChI is InChI=1S/C21H26O3/c1-3-21-11-10-17-16-7-5-15(23)12-14(16)4-6-18(17)19(21)8-9-20(21)24-13(2)22/h5,7,10,12,18-20,23H,3-4,6,8-9,11H2,1-2H3/t18-,19+,20+,21+/m1/s1. The van der Waals surface area contributed by atoms with Gasteiger partial charge in [0.2, 0.25) is 0 Å². The van der Waals surface area contributed by atoms with E-state index in [1.807, 2.05) is 6.07 Å². The second-order valence-corrected chi connectivity index (χ2v) is 7.72. The molecule has 4 rings (SSSR count). The molecule has 0 heterocycles. The molecule has 128 valence electrons. The van der Waals surface area contributed by atoms with Gasteiger partial charge in [0.1, 0.15) is 11.9 Å². The monoisotopic (exact) mass is 326 g/mol. The molecule has 1 N–H and O–H groups in total. The number of phenols is 1. The summed E-state index contributed by atoms with van der Waals surface area (Å²) in [5.74, 6) is 1.39. The summed E-state index contributed by atoms with van der Waals surface area (Å²) in [6.45, 7) is 3.78. The number of carbonyl (C=O) groups is 1. The third-order valence-corrected chi connectivity index (χ3v) is 6.80. The van der Waals surface area contributed by atoms with E-state index >= 15 is 0 Å². The maximum atomic E-state index is 11.5. The normalized spacial score (nSPS) is 33.9. The van der Waals surface area contributed by atoms with E-state index in [1.54, 1.807) is 6.07 Å². The lowest BCUT2D eigenvalue weighted by atomic mass is 9.58. The van der Waals surface area contributed by atoms with E-state index in [0.717, 1.165) is 38.5 Å². The Hall–Kier alpha value is -1.77. The zero-order chi connectivity index (χ0) is 16.9. The number of hydrogen-bond donors (Lipinski definition) is 1. The van der Waals surface area contributed by atoms with Crippen LogP contribution in [0, 0.1) is 17.3 Å². The van der Waals surface area contributed by atoms with E-state index in [-0.39, 0.29) is 17.5 Å². The minimum Gasteiger partial charge on any atom is -0.508 e. The van der Waals surface area contributed by atoms with Crippen molar-refractivity contribution in [2.45, 2.75) is 58.5 Å². The van der Waals surface area contributed by atoms with Crippen LogP contribution in [0.2, 0.25) is 0 Å². The number of phenolic OH excluding ortho intramolecular Hbond substituents is 1. The fraction of sp³-hybridized carbons (Fsp3) is 0.571. The number of allylic oxidation sites excluding steroid dienone is 2. The van der Waals surface area contributed by atoms with Gasteiger partial charge in [-0.3, -0.25) is 4.79 Å². The van der Waals surface area contributed by atoms with Crippen LogP contribution in [0.3, 0.4) is 0 Å². The number of carbonyl (C=O) groups excluding carboxylic acids is 1. The lowest BCUT2D eigenvalue weighted by Crippen LogP contribution is -2.43. The molecule has 1 saturated carbocycles. The molecule has 0 saturated heterocycles. The first-order valence-electron chi connectivity index (χ1n) is 9.24. The minimum absolute atomic E-state index is 0.0732. The van der Waals surface area contributed by atoms with Crippen molar-refractivity contribution in [1.29, 1.82) is 0 Å². The largest absolute Gasteiger partial charge is 0.508 e. The second-order valence-electron chi connectivity index (χ2n) is 7.72. The van der Waals surface area contributed by atoms with Gasteiger partial charge in [0.05, 0.1) is 0 Å². The van der Waals surface area contributed by atoms with Crippen LogP contribution in [0.5, 0.6) is 5.75 Å². The third-order valence-electron chi connectivity index (χ3n) is 6.80. The molecule has 1 aromatic carbocycles. The van der Waals surface area contributed by atoms with Crippen molar-refractivity contribution in [3.05, 3.63) is 35.4 Å². The highest BCUT2D eigenvalue weighted by Gasteiger charge is 2.55. The number of esters is 1. The Labute approximate surface area is 143 Å². The first-order valence-corrected chi connectivity index (χ1v) is 9.24. The predicted molar refractivity (Wildman–Crippen MR) is 93.5 cm³/mol. The summed E-state index contributed by atoms with van der Waals surface area (Å²) in [6.07, 6.45) is 8.86. The average molecular weight is 326 g/mol. The average Bonchev–Trinajstić information content (AvgIpc) is 2.92. The number of ether oxygens (including phenoxy) is 1.